The van der Waals surface area contributed by atoms with Gasteiger partial charge in [0.15, 0.2) is 5.60 Å². The molecular formula is C8H10O3. The predicted octanol–water partition coefficient (Wildman–Crippen LogP) is 1.32. The normalized spacial score (nSPS) is 18.5. The fourth-order valence-corrected chi connectivity index (χ4v) is 0.797. The third kappa shape index (κ3) is 1.42. The highest BCUT2D eigenvalue weighted by molar-refractivity contribution is 5.82. The van der Waals surface area contributed by atoms with Crippen LogP contribution in [0.3, 0.4) is 0 Å². The topological polar surface area (TPSA) is 46.5 Å². The minimum atomic E-state index is -0.786. The summed E-state index contributed by atoms with van der Waals surface area (Å²) < 4.78 is 4.85. The Hall–Kier alpha value is -1.25. The maximum Gasteiger partial charge on any atom is 0.331 e. The van der Waals surface area contributed by atoms with Crippen LogP contribution >= 0.6 is 0 Å². The zero-order chi connectivity index (χ0) is 8.48. The Morgan fingerprint density at radius 2 is 2.18 bits per heavy atom. The number of ether oxygens (including phenoxy) is 1. The minimum Gasteiger partial charge on any atom is -0.509 e. The number of aliphatic hydroxyl groups excluding tert-OH is 1. The van der Waals surface area contributed by atoms with Crippen LogP contribution in [-0.2, 0) is 9.53 Å². The second kappa shape index (κ2) is 2.42. The van der Waals surface area contributed by atoms with Crippen LogP contribution < -0.4 is 0 Å². The van der Waals surface area contributed by atoms with Gasteiger partial charge in [0, 0.05) is 6.08 Å². The average Bonchev–Trinajstić information content (AvgIpc) is 2.69. The monoisotopic (exact) mass is 154 g/mol. The average molecular weight is 154 g/mol. The van der Waals surface area contributed by atoms with Gasteiger partial charge in [-0.2, -0.15) is 0 Å². The number of carbonyl (C=O) groups excluding carboxylic acids is 1. The third-order valence-electron chi connectivity index (χ3n) is 1.69. The van der Waals surface area contributed by atoms with Crippen LogP contribution in [0.2, 0.25) is 0 Å². The molecule has 60 valence electrons. The number of hydrogen-bond donors (Lipinski definition) is 1. The summed E-state index contributed by atoms with van der Waals surface area (Å²) in [5.41, 5.74) is -0.786. The summed E-state index contributed by atoms with van der Waals surface area (Å²) in [5.74, 6) is -0.592. The number of aliphatic hydroxyl groups is 1. The Bertz CT molecular complexity index is 213. The van der Waals surface area contributed by atoms with Crippen molar-refractivity contribution in [3.8, 4) is 0 Å². The summed E-state index contributed by atoms with van der Waals surface area (Å²) in [6.07, 6.45) is 2.38. The molecular weight excluding hydrogens is 144 g/mol. The number of esters is 1. The van der Waals surface area contributed by atoms with Gasteiger partial charge in [-0.05, 0) is 12.8 Å². The fraction of sp³-hybridized carbons (Fsp3) is 0.375. The van der Waals surface area contributed by atoms with Gasteiger partial charge >= 0.3 is 5.97 Å². The van der Waals surface area contributed by atoms with Crippen LogP contribution in [0.4, 0.5) is 0 Å². The largest absolute Gasteiger partial charge is 0.509 e. The van der Waals surface area contributed by atoms with E-state index in [9.17, 15) is 4.79 Å². The highest BCUT2D eigenvalue weighted by Crippen LogP contribution is 2.44. The van der Waals surface area contributed by atoms with E-state index in [1.54, 1.807) is 0 Å². The van der Waals surface area contributed by atoms with Crippen molar-refractivity contribution < 1.29 is 14.6 Å². The van der Waals surface area contributed by atoms with E-state index in [1.165, 1.54) is 0 Å². The van der Waals surface area contributed by atoms with Crippen molar-refractivity contribution in [1.82, 2.24) is 0 Å². The van der Waals surface area contributed by atoms with Crippen LogP contribution in [0.5, 0.6) is 0 Å². The zero-order valence-electron chi connectivity index (χ0n) is 6.17. The smallest absolute Gasteiger partial charge is 0.331 e. The van der Waals surface area contributed by atoms with Crippen LogP contribution in [0, 0.1) is 0 Å². The Kier molecular flexibility index (Phi) is 1.72. The second-order valence-corrected chi connectivity index (χ2v) is 2.57. The van der Waals surface area contributed by atoms with E-state index in [0.29, 0.717) is 12.8 Å². The van der Waals surface area contributed by atoms with Crippen molar-refractivity contribution in [2.45, 2.75) is 18.4 Å². The molecule has 0 aliphatic heterocycles. The van der Waals surface area contributed by atoms with E-state index in [4.69, 9.17) is 9.84 Å². The highest BCUT2D eigenvalue weighted by atomic mass is 16.6. The number of carbonyl (C=O) groups is 1. The molecule has 0 amide bonds. The van der Waals surface area contributed by atoms with Crippen LogP contribution in [0.1, 0.15) is 12.8 Å². The molecule has 3 heteroatoms. The Balaban J connectivity index is 2.54. The maximum absolute atomic E-state index is 10.7. The van der Waals surface area contributed by atoms with E-state index in [1.807, 2.05) is 0 Å². The lowest BCUT2D eigenvalue weighted by atomic mass is 10.3. The molecule has 3 nitrogen and oxygen atoms in total. The molecule has 1 fully saturated rings. The summed E-state index contributed by atoms with van der Waals surface area (Å²) >= 11 is 0. The number of rotatable bonds is 3. The Morgan fingerprint density at radius 1 is 1.64 bits per heavy atom. The van der Waals surface area contributed by atoms with E-state index in [0.717, 1.165) is 6.08 Å². The molecule has 11 heavy (non-hydrogen) atoms. The van der Waals surface area contributed by atoms with E-state index < -0.39 is 11.6 Å². The molecule has 0 unspecified atom stereocenters. The van der Waals surface area contributed by atoms with Crippen molar-refractivity contribution in [2.24, 2.45) is 0 Å². The van der Waals surface area contributed by atoms with Crippen molar-refractivity contribution in [2.75, 3.05) is 0 Å². The van der Waals surface area contributed by atoms with Crippen LogP contribution in [0.25, 0.3) is 0 Å². The highest BCUT2D eigenvalue weighted by Gasteiger charge is 2.49. The standard InChI is InChI=1S/C8H10O3/c1-3-7(10)11-8(4-5-8)6(2)9/h3,9H,1-2,4-5H2. The first kappa shape index (κ1) is 7.85. The Morgan fingerprint density at radius 3 is 2.45 bits per heavy atom. The lowest BCUT2D eigenvalue weighted by Crippen LogP contribution is -2.19. The summed E-state index contributed by atoms with van der Waals surface area (Å²) in [5, 5.41) is 8.98. The van der Waals surface area contributed by atoms with E-state index in [2.05, 4.69) is 13.2 Å². The Labute approximate surface area is 65.0 Å². The lowest BCUT2D eigenvalue weighted by molar-refractivity contribution is -0.144. The molecule has 0 bridgehead atoms. The van der Waals surface area contributed by atoms with Crippen LogP contribution in [0.15, 0.2) is 25.0 Å². The van der Waals surface area contributed by atoms with Gasteiger partial charge < -0.3 is 9.84 Å². The molecule has 0 aromatic carbocycles. The van der Waals surface area contributed by atoms with Gasteiger partial charge in [-0.25, -0.2) is 4.79 Å². The first-order chi connectivity index (χ1) is 5.10. The van der Waals surface area contributed by atoms with E-state index in [-0.39, 0.29) is 5.76 Å². The van der Waals surface area contributed by atoms with Gasteiger partial charge in [0.05, 0.1) is 0 Å². The molecule has 0 radical (unpaired) electrons. The van der Waals surface area contributed by atoms with Gasteiger partial charge in [0.25, 0.3) is 0 Å². The van der Waals surface area contributed by atoms with Crippen molar-refractivity contribution in [1.29, 1.82) is 0 Å². The molecule has 1 rings (SSSR count). The van der Waals surface area contributed by atoms with Gasteiger partial charge in [-0.3, -0.25) is 0 Å². The molecule has 0 heterocycles. The molecule has 0 aromatic rings. The predicted molar refractivity (Wildman–Crippen MR) is 40.0 cm³/mol. The molecule has 1 aliphatic carbocycles. The summed E-state index contributed by atoms with van der Waals surface area (Å²) in [4.78, 5) is 10.7. The summed E-state index contributed by atoms with van der Waals surface area (Å²) in [7, 11) is 0. The van der Waals surface area contributed by atoms with Gasteiger partial charge in [-0.15, -0.1) is 0 Å². The molecule has 1 saturated carbocycles. The lowest BCUT2D eigenvalue weighted by Gasteiger charge is -2.12. The summed E-state index contributed by atoms with van der Waals surface area (Å²) in [6.45, 7) is 6.57. The van der Waals surface area contributed by atoms with Gasteiger partial charge in [0.1, 0.15) is 5.76 Å². The number of hydrogen-bond acceptors (Lipinski definition) is 3. The maximum atomic E-state index is 10.7. The van der Waals surface area contributed by atoms with E-state index >= 15 is 0 Å². The zero-order valence-corrected chi connectivity index (χ0v) is 6.17. The molecule has 1 aliphatic rings. The molecule has 1 N–H and O–H groups in total. The molecule has 0 saturated heterocycles. The third-order valence-corrected chi connectivity index (χ3v) is 1.69. The van der Waals surface area contributed by atoms with Crippen molar-refractivity contribution in [3.63, 3.8) is 0 Å². The van der Waals surface area contributed by atoms with Gasteiger partial charge in [0.2, 0.25) is 0 Å². The second-order valence-electron chi connectivity index (χ2n) is 2.57. The summed E-state index contributed by atoms with van der Waals surface area (Å²) in [6, 6.07) is 0. The first-order valence-electron chi connectivity index (χ1n) is 3.34. The van der Waals surface area contributed by atoms with Crippen molar-refractivity contribution >= 4 is 5.97 Å². The molecule has 0 atom stereocenters. The molecule has 0 aromatic heterocycles. The molecule has 0 spiro atoms. The van der Waals surface area contributed by atoms with Gasteiger partial charge in [-0.1, -0.05) is 13.2 Å². The van der Waals surface area contributed by atoms with Crippen molar-refractivity contribution in [3.05, 3.63) is 25.0 Å². The fourth-order valence-electron chi connectivity index (χ4n) is 0.797. The quantitative estimate of drug-likeness (QED) is 0.379. The van der Waals surface area contributed by atoms with Crippen LogP contribution in [-0.4, -0.2) is 16.7 Å². The minimum absolute atomic E-state index is 0.0762. The SMILES string of the molecule is C=CC(=O)OC1(C(=C)O)CC1. The first-order valence-corrected chi connectivity index (χ1v) is 3.34.